The summed E-state index contributed by atoms with van der Waals surface area (Å²) in [6.07, 6.45) is 0.333. The first-order valence-electron chi connectivity index (χ1n) is 4.33. The molecule has 0 fully saturated rings. The molecule has 0 bridgehead atoms. The van der Waals surface area contributed by atoms with E-state index in [-0.39, 0.29) is 12.5 Å². The lowest BCUT2D eigenvalue weighted by Crippen LogP contribution is -2.36. The average molecular weight is 189 g/mol. The van der Waals surface area contributed by atoms with Crippen molar-refractivity contribution in [3.8, 4) is 0 Å². The summed E-state index contributed by atoms with van der Waals surface area (Å²) in [4.78, 5) is 12.9. The molecule has 0 aromatic carbocycles. The highest BCUT2D eigenvalue weighted by Crippen LogP contribution is 2.13. The molecular weight excluding hydrogens is 170 g/mol. The highest BCUT2D eigenvalue weighted by atomic mass is 16.5. The van der Waals surface area contributed by atoms with Gasteiger partial charge in [-0.15, -0.1) is 0 Å². The monoisotopic (exact) mass is 189 g/mol. The van der Waals surface area contributed by atoms with Gasteiger partial charge in [-0.3, -0.25) is 4.79 Å². The summed E-state index contributed by atoms with van der Waals surface area (Å²) in [6, 6.07) is 0. The van der Waals surface area contributed by atoms with Gasteiger partial charge in [-0.1, -0.05) is 0 Å². The molecule has 0 saturated carbocycles. The number of methoxy groups -OCH3 is 1. The summed E-state index contributed by atoms with van der Waals surface area (Å²) in [5.74, 6) is -0.0131. The maximum absolute atomic E-state index is 11.4. The number of amides is 1. The van der Waals surface area contributed by atoms with Crippen molar-refractivity contribution in [3.63, 3.8) is 0 Å². The fourth-order valence-corrected chi connectivity index (χ4v) is 0.846. The van der Waals surface area contributed by atoms with E-state index in [2.05, 4.69) is 0 Å². The van der Waals surface area contributed by atoms with Gasteiger partial charge in [-0.25, -0.2) is 0 Å². The summed E-state index contributed by atoms with van der Waals surface area (Å²) >= 11 is 0. The van der Waals surface area contributed by atoms with Crippen molar-refractivity contribution in [2.75, 3.05) is 27.3 Å². The van der Waals surface area contributed by atoms with Gasteiger partial charge in [0.15, 0.2) is 0 Å². The predicted octanol–water partition coefficient (Wildman–Crippen LogP) is 0.252. The first-order chi connectivity index (χ1) is 5.93. The normalized spacial score (nSPS) is 11.5. The van der Waals surface area contributed by atoms with Crippen LogP contribution in [0.5, 0.6) is 0 Å². The molecule has 0 aromatic rings. The molecule has 0 radical (unpaired) electrons. The third-order valence-electron chi connectivity index (χ3n) is 1.99. The minimum Gasteiger partial charge on any atom is -0.395 e. The Kier molecular flexibility index (Phi) is 4.95. The molecule has 0 spiro atoms. The summed E-state index contributed by atoms with van der Waals surface area (Å²) in [5, 5.41) is 8.62. The van der Waals surface area contributed by atoms with E-state index in [9.17, 15) is 4.79 Å². The second kappa shape index (κ2) is 5.19. The van der Waals surface area contributed by atoms with E-state index in [0.717, 1.165) is 0 Å². The number of likely N-dealkylation sites (N-methyl/N-ethyl adjacent to an activating group) is 1. The second-order valence-corrected chi connectivity index (χ2v) is 3.68. The zero-order chi connectivity index (χ0) is 10.5. The maximum Gasteiger partial charge on any atom is 0.225 e. The number of carbonyl (C=O) groups excluding carboxylic acids is 1. The Hall–Kier alpha value is -0.610. The largest absolute Gasteiger partial charge is 0.395 e. The van der Waals surface area contributed by atoms with Crippen LogP contribution in [0.15, 0.2) is 0 Å². The molecule has 0 atom stereocenters. The second-order valence-electron chi connectivity index (χ2n) is 3.68. The maximum atomic E-state index is 11.4. The molecular formula is C9H19NO3. The summed E-state index contributed by atoms with van der Waals surface area (Å²) in [7, 11) is 3.25. The number of carbonyl (C=O) groups is 1. The minimum atomic E-state index is -0.430. The lowest BCUT2D eigenvalue weighted by atomic mass is 10.0. The van der Waals surface area contributed by atoms with Crippen LogP contribution in [0.3, 0.4) is 0 Å². The van der Waals surface area contributed by atoms with E-state index in [4.69, 9.17) is 9.84 Å². The lowest BCUT2D eigenvalue weighted by molar-refractivity contribution is -0.135. The Bertz CT molecular complexity index is 168. The molecule has 0 aliphatic carbocycles. The van der Waals surface area contributed by atoms with Gasteiger partial charge in [-0.2, -0.15) is 0 Å². The predicted molar refractivity (Wildman–Crippen MR) is 50.4 cm³/mol. The topological polar surface area (TPSA) is 49.8 Å². The minimum absolute atomic E-state index is 0.00431. The molecule has 0 unspecified atom stereocenters. The van der Waals surface area contributed by atoms with Crippen molar-refractivity contribution in [2.24, 2.45) is 0 Å². The molecule has 0 rings (SSSR count). The van der Waals surface area contributed by atoms with E-state index >= 15 is 0 Å². The van der Waals surface area contributed by atoms with Gasteiger partial charge in [0.2, 0.25) is 5.91 Å². The third-order valence-corrected chi connectivity index (χ3v) is 1.99. The van der Waals surface area contributed by atoms with Crippen molar-refractivity contribution in [3.05, 3.63) is 0 Å². The van der Waals surface area contributed by atoms with Crippen molar-refractivity contribution >= 4 is 5.91 Å². The number of aliphatic hydroxyl groups is 1. The van der Waals surface area contributed by atoms with Crippen molar-refractivity contribution in [1.29, 1.82) is 0 Å². The average Bonchev–Trinajstić information content (AvgIpc) is 2.04. The number of ether oxygens (including phenoxy) is 1. The first kappa shape index (κ1) is 12.4. The van der Waals surface area contributed by atoms with E-state index in [0.29, 0.717) is 13.0 Å². The van der Waals surface area contributed by atoms with Crippen molar-refractivity contribution in [2.45, 2.75) is 25.9 Å². The van der Waals surface area contributed by atoms with Gasteiger partial charge < -0.3 is 14.7 Å². The SMILES string of the molecule is COC(C)(C)CC(=O)N(C)CCO. The summed E-state index contributed by atoms with van der Waals surface area (Å²) in [6.45, 7) is 4.09. The van der Waals surface area contributed by atoms with Gasteiger partial charge in [0, 0.05) is 20.7 Å². The number of rotatable bonds is 5. The standard InChI is InChI=1S/C9H19NO3/c1-9(2,13-4)7-8(12)10(3)5-6-11/h11H,5-7H2,1-4H3. The van der Waals surface area contributed by atoms with E-state index in [1.807, 2.05) is 13.8 Å². The lowest BCUT2D eigenvalue weighted by Gasteiger charge is -2.25. The van der Waals surface area contributed by atoms with Gasteiger partial charge in [0.25, 0.3) is 0 Å². The Morgan fingerprint density at radius 1 is 1.54 bits per heavy atom. The Morgan fingerprint density at radius 3 is 2.46 bits per heavy atom. The number of aliphatic hydroxyl groups excluding tert-OH is 1. The van der Waals surface area contributed by atoms with Crippen LogP contribution in [0.1, 0.15) is 20.3 Å². The van der Waals surface area contributed by atoms with Crippen LogP contribution in [0, 0.1) is 0 Å². The Morgan fingerprint density at radius 2 is 2.08 bits per heavy atom. The summed E-state index contributed by atoms with van der Waals surface area (Å²) in [5.41, 5.74) is -0.430. The van der Waals surface area contributed by atoms with Crippen LogP contribution >= 0.6 is 0 Å². The molecule has 0 heterocycles. The fraction of sp³-hybridized carbons (Fsp3) is 0.889. The third kappa shape index (κ3) is 4.85. The molecule has 0 aliphatic rings. The van der Waals surface area contributed by atoms with Gasteiger partial charge in [0.1, 0.15) is 0 Å². The van der Waals surface area contributed by atoms with Crippen molar-refractivity contribution in [1.82, 2.24) is 4.90 Å². The quantitative estimate of drug-likeness (QED) is 0.674. The van der Waals surface area contributed by atoms with Gasteiger partial charge in [0.05, 0.1) is 18.6 Å². The molecule has 1 N–H and O–H groups in total. The van der Waals surface area contributed by atoms with E-state index < -0.39 is 5.60 Å². The molecule has 0 aliphatic heterocycles. The van der Waals surface area contributed by atoms with E-state index in [1.165, 1.54) is 4.90 Å². The molecule has 78 valence electrons. The first-order valence-corrected chi connectivity index (χ1v) is 4.33. The van der Waals surface area contributed by atoms with Crippen molar-refractivity contribution < 1.29 is 14.6 Å². The molecule has 0 saturated heterocycles. The van der Waals surface area contributed by atoms with Gasteiger partial charge in [-0.05, 0) is 13.8 Å². The van der Waals surface area contributed by atoms with Crippen LogP contribution in [0.4, 0.5) is 0 Å². The molecule has 0 aromatic heterocycles. The van der Waals surface area contributed by atoms with Crippen LogP contribution < -0.4 is 0 Å². The zero-order valence-electron chi connectivity index (χ0n) is 8.83. The molecule has 4 nitrogen and oxygen atoms in total. The summed E-state index contributed by atoms with van der Waals surface area (Å²) < 4.78 is 5.13. The number of nitrogens with zero attached hydrogens (tertiary/aromatic N) is 1. The number of hydrogen-bond acceptors (Lipinski definition) is 3. The van der Waals surface area contributed by atoms with Crippen LogP contribution in [0.2, 0.25) is 0 Å². The molecule has 1 amide bonds. The number of hydrogen-bond donors (Lipinski definition) is 1. The molecule has 13 heavy (non-hydrogen) atoms. The van der Waals surface area contributed by atoms with Crippen LogP contribution in [0.25, 0.3) is 0 Å². The highest BCUT2D eigenvalue weighted by molar-refractivity contribution is 5.76. The fourth-order valence-electron chi connectivity index (χ4n) is 0.846. The van der Waals surface area contributed by atoms with Crippen LogP contribution in [-0.2, 0) is 9.53 Å². The smallest absolute Gasteiger partial charge is 0.225 e. The zero-order valence-corrected chi connectivity index (χ0v) is 8.83. The van der Waals surface area contributed by atoms with E-state index in [1.54, 1.807) is 14.2 Å². The molecule has 4 heteroatoms. The Balaban J connectivity index is 3.99. The van der Waals surface area contributed by atoms with Crippen LogP contribution in [-0.4, -0.2) is 48.8 Å². The van der Waals surface area contributed by atoms with Gasteiger partial charge >= 0.3 is 0 Å². The Labute approximate surface area is 79.5 Å². The highest BCUT2D eigenvalue weighted by Gasteiger charge is 2.22.